The molecule has 0 N–H and O–H groups in total. The SMILES string of the molecule is C[Si](C)(C)CCOC(=O)C1CCCCC1=O. The highest BCUT2D eigenvalue weighted by atomic mass is 28.3. The lowest BCUT2D eigenvalue weighted by molar-refractivity contribution is -0.152. The number of hydrogen-bond acceptors (Lipinski definition) is 3. The van der Waals surface area contributed by atoms with Gasteiger partial charge in [0.1, 0.15) is 11.7 Å². The summed E-state index contributed by atoms with van der Waals surface area (Å²) in [6, 6.07) is 0.972. The van der Waals surface area contributed by atoms with E-state index in [2.05, 4.69) is 19.6 Å². The number of rotatable bonds is 4. The minimum atomic E-state index is -1.15. The first kappa shape index (κ1) is 13.4. The molecule has 0 aromatic rings. The number of ketones is 1. The van der Waals surface area contributed by atoms with E-state index in [0.717, 1.165) is 18.9 Å². The van der Waals surface area contributed by atoms with Gasteiger partial charge in [0.15, 0.2) is 0 Å². The van der Waals surface area contributed by atoms with Crippen LogP contribution in [0.4, 0.5) is 0 Å². The molecule has 1 saturated carbocycles. The van der Waals surface area contributed by atoms with Gasteiger partial charge in [-0.25, -0.2) is 0 Å². The van der Waals surface area contributed by atoms with Crippen molar-refractivity contribution in [1.29, 1.82) is 0 Å². The predicted octanol–water partition coefficient (Wildman–Crippen LogP) is 2.63. The summed E-state index contributed by atoms with van der Waals surface area (Å²) in [5.41, 5.74) is 0. The Hall–Kier alpha value is -0.643. The predicted molar refractivity (Wildman–Crippen MR) is 66.1 cm³/mol. The number of carbonyl (C=O) groups excluding carboxylic acids is 2. The molecule has 16 heavy (non-hydrogen) atoms. The van der Waals surface area contributed by atoms with Gasteiger partial charge >= 0.3 is 5.97 Å². The van der Waals surface area contributed by atoms with E-state index in [0.29, 0.717) is 19.4 Å². The fourth-order valence-electron chi connectivity index (χ4n) is 1.79. The first-order valence-corrected chi connectivity index (χ1v) is 9.80. The first-order chi connectivity index (χ1) is 7.40. The second-order valence-electron chi connectivity index (χ2n) is 5.74. The summed E-state index contributed by atoms with van der Waals surface area (Å²) >= 11 is 0. The standard InChI is InChI=1S/C12H22O3Si/c1-16(2,3)9-8-15-12(14)10-6-4-5-7-11(10)13/h10H,4-9H2,1-3H3. The van der Waals surface area contributed by atoms with Gasteiger partial charge in [0.25, 0.3) is 0 Å². The van der Waals surface area contributed by atoms with Gasteiger partial charge in [-0.05, 0) is 18.9 Å². The van der Waals surface area contributed by atoms with Crippen LogP contribution in [-0.4, -0.2) is 26.4 Å². The zero-order chi connectivity index (χ0) is 12.2. The van der Waals surface area contributed by atoms with Gasteiger partial charge in [-0.3, -0.25) is 9.59 Å². The largest absolute Gasteiger partial charge is 0.465 e. The van der Waals surface area contributed by atoms with Gasteiger partial charge in [0, 0.05) is 14.5 Å². The third-order valence-corrected chi connectivity index (χ3v) is 4.64. The molecule has 0 amide bonds. The molecule has 0 heterocycles. The van der Waals surface area contributed by atoms with Crippen molar-refractivity contribution in [3.8, 4) is 0 Å². The van der Waals surface area contributed by atoms with Crippen LogP contribution in [0.2, 0.25) is 25.7 Å². The third-order valence-electron chi connectivity index (χ3n) is 2.94. The summed E-state index contributed by atoms with van der Waals surface area (Å²) in [6.07, 6.45) is 3.13. The molecule has 0 aromatic carbocycles. The van der Waals surface area contributed by atoms with Crippen LogP contribution in [0.15, 0.2) is 0 Å². The minimum absolute atomic E-state index is 0.0734. The molecule has 0 aliphatic heterocycles. The van der Waals surface area contributed by atoms with Gasteiger partial charge in [-0.1, -0.05) is 26.1 Å². The molecule has 1 atom stereocenters. The highest BCUT2D eigenvalue weighted by molar-refractivity contribution is 6.76. The molecular weight excluding hydrogens is 220 g/mol. The van der Waals surface area contributed by atoms with E-state index in [1.54, 1.807) is 0 Å². The fourth-order valence-corrected chi connectivity index (χ4v) is 2.51. The molecule has 1 aliphatic carbocycles. The van der Waals surface area contributed by atoms with Crippen molar-refractivity contribution in [1.82, 2.24) is 0 Å². The summed E-state index contributed by atoms with van der Waals surface area (Å²) in [5, 5.41) is 0. The van der Waals surface area contributed by atoms with E-state index in [9.17, 15) is 9.59 Å². The van der Waals surface area contributed by atoms with Crippen LogP contribution >= 0.6 is 0 Å². The van der Waals surface area contributed by atoms with Crippen LogP contribution in [0.5, 0.6) is 0 Å². The second-order valence-corrected chi connectivity index (χ2v) is 11.4. The second kappa shape index (κ2) is 5.62. The highest BCUT2D eigenvalue weighted by Gasteiger charge is 2.30. The fraction of sp³-hybridized carbons (Fsp3) is 0.833. The summed E-state index contributed by atoms with van der Waals surface area (Å²) in [6.45, 7) is 7.21. The summed E-state index contributed by atoms with van der Waals surface area (Å²) in [5.74, 6) is -0.678. The lowest BCUT2D eigenvalue weighted by Crippen LogP contribution is -2.30. The molecule has 3 nitrogen and oxygen atoms in total. The first-order valence-electron chi connectivity index (χ1n) is 6.09. The Morgan fingerprint density at radius 2 is 2.06 bits per heavy atom. The van der Waals surface area contributed by atoms with Crippen LogP contribution in [0.25, 0.3) is 0 Å². The molecule has 0 bridgehead atoms. The molecule has 0 aromatic heterocycles. The lowest BCUT2D eigenvalue weighted by Gasteiger charge is -2.20. The van der Waals surface area contributed by atoms with Gasteiger partial charge in [-0.2, -0.15) is 0 Å². The van der Waals surface area contributed by atoms with Crippen molar-refractivity contribution in [2.24, 2.45) is 5.92 Å². The lowest BCUT2D eigenvalue weighted by atomic mass is 9.88. The maximum atomic E-state index is 11.7. The molecule has 1 fully saturated rings. The number of hydrogen-bond donors (Lipinski definition) is 0. The van der Waals surface area contributed by atoms with Crippen molar-refractivity contribution in [2.75, 3.05) is 6.61 Å². The van der Waals surface area contributed by atoms with Crippen LogP contribution in [0.3, 0.4) is 0 Å². The summed E-state index contributed by atoms with van der Waals surface area (Å²) < 4.78 is 5.20. The maximum absolute atomic E-state index is 11.7. The van der Waals surface area contributed by atoms with Gasteiger partial charge < -0.3 is 4.74 Å². The normalized spacial score (nSPS) is 21.9. The van der Waals surface area contributed by atoms with Crippen LogP contribution in [-0.2, 0) is 14.3 Å². The Labute approximate surface area is 98.6 Å². The van der Waals surface area contributed by atoms with Crippen molar-refractivity contribution in [3.05, 3.63) is 0 Å². The molecule has 0 spiro atoms. The van der Waals surface area contributed by atoms with E-state index in [1.165, 1.54) is 0 Å². The van der Waals surface area contributed by atoms with E-state index < -0.39 is 14.0 Å². The Morgan fingerprint density at radius 1 is 1.38 bits per heavy atom. The van der Waals surface area contributed by atoms with Crippen molar-refractivity contribution >= 4 is 19.8 Å². The Bertz CT molecular complexity index is 268. The van der Waals surface area contributed by atoms with Gasteiger partial charge in [0.05, 0.1) is 6.61 Å². The van der Waals surface area contributed by atoms with Crippen molar-refractivity contribution < 1.29 is 14.3 Å². The molecule has 1 aliphatic rings. The smallest absolute Gasteiger partial charge is 0.316 e. The van der Waals surface area contributed by atoms with Crippen LogP contribution < -0.4 is 0 Å². The minimum Gasteiger partial charge on any atom is -0.465 e. The van der Waals surface area contributed by atoms with Crippen LogP contribution in [0.1, 0.15) is 25.7 Å². The summed E-state index contributed by atoms with van der Waals surface area (Å²) in [7, 11) is -1.15. The van der Waals surface area contributed by atoms with Crippen molar-refractivity contribution in [3.63, 3.8) is 0 Å². The number of esters is 1. The molecule has 1 unspecified atom stereocenters. The molecule has 4 heteroatoms. The van der Waals surface area contributed by atoms with Gasteiger partial charge in [0.2, 0.25) is 0 Å². The van der Waals surface area contributed by atoms with E-state index in [-0.39, 0.29) is 11.8 Å². The average Bonchev–Trinajstić information content (AvgIpc) is 2.16. The van der Waals surface area contributed by atoms with E-state index >= 15 is 0 Å². The van der Waals surface area contributed by atoms with E-state index in [4.69, 9.17) is 4.74 Å². The number of ether oxygens (including phenoxy) is 1. The number of Topliss-reactive ketones (excluding diaryl/α,β-unsaturated/α-hetero) is 1. The third kappa shape index (κ3) is 4.47. The zero-order valence-corrected chi connectivity index (χ0v) is 11.5. The monoisotopic (exact) mass is 242 g/mol. The maximum Gasteiger partial charge on any atom is 0.316 e. The molecule has 0 saturated heterocycles. The van der Waals surface area contributed by atoms with E-state index in [1.807, 2.05) is 0 Å². The Morgan fingerprint density at radius 3 is 2.62 bits per heavy atom. The molecule has 0 radical (unpaired) electrons. The molecular formula is C12H22O3Si. The Balaban J connectivity index is 2.31. The Kier molecular flexibility index (Phi) is 4.71. The van der Waals surface area contributed by atoms with Crippen molar-refractivity contribution in [2.45, 2.75) is 51.4 Å². The topological polar surface area (TPSA) is 43.4 Å². The summed E-state index contributed by atoms with van der Waals surface area (Å²) in [4.78, 5) is 23.2. The van der Waals surface area contributed by atoms with Crippen LogP contribution in [0, 0.1) is 5.92 Å². The average molecular weight is 242 g/mol. The highest BCUT2D eigenvalue weighted by Crippen LogP contribution is 2.22. The molecule has 1 rings (SSSR count). The number of carbonyl (C=O) groups is 2. The molecule has 92 valence electrons. The quantitative estimate of drug-likeness (QED) is 0.432. The zero-order valence-electron chi connectivity index (χ0n) is 10.5. The van der Waals surface area contributed by atoms with Gasteiger partial charge in [-0.15, -0.1) is 0 Å².